The lowest BCUT2D eigenvalue weighted by atomic mass is 10.2. The van der Waals surface area contributed by atoms with Gasteiger partial charge in [-0.25, -0.2) is 13.1 Å². The molecule has 4 nitrogen and oxygen atoms in total. The van der Waals surface area contributed by atoms with Gasteiger partial charge in [0, 0.05) is 19.1 Å². The summed E-state index contributed by atoms with van der Waals surface area (Å²) >= 11 is 0. The van der Waals surface area contributed by atoms with Gasteiger partial charge in [-0.1, -0.05) is 23.8 Å². The molecule has 0 bridgehead atoms. The molecule has 0 spiro atoms. The molecule has 0 radical (unpaired) electrons. The van der Waals surface area contributed by atoms with Gasteiger partial charge in [-0.15, -0.1) is 0 Å². The van der Waals surface area contributed by atoms with E-state index < -0.39 is 10.0 Å². The number of aromatic nitrogens is 1. The van der Waals surface area contributed by atoms with Crippen molar-refractivity contribution in [3.05, 3.63) is 64.7 Å². The molecule has 0 unspecified atom stereocenters. The third-order valence-corrected chi connectivity index (χ3v) is 3.81. The first-order chi connectivity index (χ1) is 8.49. The van der Waals surface area contributed by atoms with Crippen LogP contribution in [0.15, 0.2) is 53.6 Å². The lowest BCUT2D eigenvalue weighted by Crippen LogP contribution is -2.34. The highest BCUT2D eigenvalue weighted by Crippen LogP contribution is 2.15. The smallest absolute Gasteiger partial charge is 0.174 e. The number of aryl methyl sites for hydroxylation is 2. The van der Waals surface area contributed by atoms with Crippen LogP contribution in [-0.4, -0.2) is 8.42 Å². The molecule has 94 valence electrons. The Labute approximate surface area is 107 Å². The number of hydrogen-bond donors (Lipinski definition) is 0. The van der Waals surface area contributed by atoms with Crippen LogP contribution in [0.3, 0.4) is 0 Å². The van der Waals surface area contributed by atoms with Crippen LogP contribution in [0.1, 0.15) is 11.3 Å². The summed E-state index contributed by atoms with van der Waals surface area (Å²) in [7, 11) is -3.66. The largest absolute Gasteiger partial charge is 0.318 e. The van der Waals surface area contributed by atoms with E-state index in [4.69, 9.17) is 0 Å². The molecular weight excluding hydrogens is 248 g/mol. The summed E-state index contributed by atoms with van der Waals surface area (Å²) in [6.45, 7) is 3.71. The fraction of sp³-hybridized carbons (Fsp3) is 0.154. The maximum absolute atomic E-state index is 12.1. The first-order valence-electron chi connectivity index (χ1n) is 5.51. The van der Waals surface area contributed by atoms with E-state index in [2.05, 4.69) is 4.83 Å². The van der Waals surface area contributed by atoms with Crippen LogP contribution in [0.4, 0.5) is 0 Å². The van der Waals surface area contributed by atoms with Crippen LogP contribution in [-0.2, 0) is 10.0 Å². The minimum Gasteiger partial charge on any atom is -0.318 e. The Kier molecular flexibility index (Phi) is 3.34. The van der Waals surface area contributed by atoms with Crippen molar-refractivity contribution in [2.24, 2.45) is 0 Å². The minimum atomic E-state index is -3.66. The average Bonchev–Trinajstić information content (AvgIpc) is 2.32. The van der Waals surface area contributed by atoms with Crippen molar-refractivity contribution in [2.45, 2.75) is 18.7 Å². The number of nitrogens with zero attached hydrogens (tertiary/aromatic N) is 2. The first kappa shape index (κ1) is 12.6. The zero-order chi connectivity index (χ0) is 13.2. The van der Waals surface area contributed by atoms with Gasteiger partial charge in [-0.05, 0) is 19.1 Å². The van der Waals surface area contributed by atoms with E-state index in [0.717, 1.165) is 11.3 Å². The zero-order valence-corrected chi connectivity index (χ0v) is 11.1. The van der Waals surface area contributed by atoms with Gasteiger partial charge in [0.1, 0.15) is 0 Å². The molecule has 0 aliphatic carbocycles. The van der Waals surface area contributed by atoms with Gasteiger partial charge in [0.05, 0.1) is 4.90 Å². The third-order valence-electron chi connectivity index (χ3n) is 2.55. The van der Waals surface area contributed by atoms with Crippen LogP contribution < -0.4 is 4.68 Å². The van der Waals surface area contributed by atoms with Gasteiger partial charge in [0.25, 0.3) is 0 Å². The van der Waals surface area contributed by atoms with Crippen molar-refractivity contribution in [3.63, 3.8) is 0 Å². The quantitative estimate of drug-likeness (QED) is 0.795. The summed E-state index contributed by atoms with van der Waals surface area (Å²) in [5, 5.41) is 0. The Morgan fingerprint density at radius 3 is 2.28 bits per heavy atom. The molecule has 0 atom stereocenters. The van der Waals surface area contributed by atoms with E-state index in [1.165, 1.54) is 4.68 Å². The van der Waals surface area contributed by atoms with Crippen LogP contribution in [0, 0.1) is 13.8 Å². The summed E-state index contributed by atoms with van der Waals surface area (Å²) in [5.74, 6) is 0. The van der Waals surface area contributed by atoms with Crippen molar-refractivity contribution in [2.75, 3.05) is 0 Å². The lowest BCUT2D eigenvalue weighted by molar-refractivity contribution is -0.620. The Morgan fingerprint density at radius 2 is 1.67 bits per heavy atom. The molecule has 0 N–H and O–H groups in total. The van der Waals surface area contributed by atoms with Gasteiger partial charge in [-0.3, -0.25) is 0 Å². The van der Waals surface area contributed by atoms with E-state index in [-0.39, 0.29) is 4.90 Å². The van der Waals surface area contributed by atoms with Crippen molar-refractivity contribution in [1.82, 2.24) is 0 Å². The summed E-state index contributed by atoms with van der Waals surface area (Å²) < 4.78 is 25.5. The standard InChI is InChI=1S/C13H14N2O2S/c1-11-6-8-13(9-7-11)18(16,17)14-15-10-4-3-5-12(15)2/h3-10H,1-2H3. The Hall–Kier alpha value is -1.88. The van der Waals surface area contributed by atoms with Crippen LogP contribution in [0.2, 0.25) is 0 Å². The van der Waals surface area contributed by atoms with Gasteiger partial charge < -0.3 is 4.83 Å². The summed E-state index contributed by atoms with van der Waals surface area (Å²) in [5.41, 5.74) is 1.77. The molecule has 18 heavy (non-hydrogen) atoms. The fourth-order valence-electron chi connectivity index (χ4n) is 1.48. The van der Waals surface area contributed by atoms with Gasteiger partial charge in [0.2, 0.25) is 0 Å². The van der Waals surface area contributed by atoms with Gasteiger partial charge >= 0.3 is 0 Å². The number of pyridine rings is 1. The van der Waals surface area contributed by atoms with Gasteiger partial charge in [0.15, 0.2) is 21.9 Å². The molecule has 5 heteroatoms. The number of rotatable bonds is 3. The van der Waals surface area contributed by atoms with Crippen molar-refractivity contribution in [3.8, 4) is 0 Å². The van der Waals surface area contributed by atoms with E-state index in [9.17, 15) is 8.42 Å². The van der Waals surface area contributed by atoms with Crippen molar-refractivity contribution < 1.29 is 13.1 Å². The predicted octanol–water partition coefficient (Wildman–Crippen LogP) is 2.12. The summed E-state index contributed by atoms with van der Waals surface area (Å²) in [6.07, 6.45) is 1.61. The second-order valence-corrected chi connectivity index (χ2v) is 5.64. The number of hydrogen-bond acceptors (Lipinski definition) is 2. The molecule has 0 aliphatic heterocycles. The maximum Gasteiger partial charge on any atom is 0.174 e. The molecular formula is C13H14N2O2S. The van der Waals surface area contributed by atoms with E-state index >= 15 is 0 Å². The molecule has 0 fully saturated rings. The van der Waals surface area contributed by atoms with Crippen LogP contribution in [0.5, 0.6) is 0 Å². The SMILES string of the molecule is Cc1ccc(S(=O)(=O)[N-][n+]2ccccc2C)cc1. The fourth-order valence-corrected chi connectivity index (χ4v) is 2.47. The topological polar surface area (TPSA) is 52.1 Å². The molecule has 0 aliphatic rings. The monoisotopic (exact) mass is 262 g/mol. The lowest BCUT2D eigenvalue weighted by Gasteiger charge is -2.15. The maximum atomic E-state index is 12.1. The van der Waals surface area contributed by atoms with E-state index in [0.29, 0.717) is 0 Å². The van der Waals surface area contributed by atoms with Crippen molar-refractivity contribution in [1.29, 1.82) is 0 Å². The molecule has 0 saturated heterocycles. The Morgan fingerprint density at radius 1 is 1.00 bits per heavy atom. The Bertz CT molecular complexity index is 649. The minimum absolute atomic E-state index is 0.198. The van der Waals surface area contributed by atoms with Crippen LogP contribution >= 0.6 is 0 Å². The van der Waals surface area contributed by atoms with Gasteiger partial charge in [-0.2, -0.15) is 0 Å². The van der Waals surface area contributed by atoms with Crippen molar-refractivity contribution >= 4 is 10.0 Å². The predicted molar refractivity (Wildman–Crippen MR) is 68.5 cm³/mol. The highest BCUT2D eigenvalue weighted by Gasteiger charge is 2.09. The first-order valence-corrected chi connectivity index (χ1v) is 6.95. The molecule has 2 aromatic rings. The van der Waals surface area contributed by atoms with E-state index in [1.807, 2.05) is 13.0 Å². The summed E-state index contributed by atoms with van der Waals surface area (Å²) in [4.78, 5) is 3.98. The molecule has 0 saturated carbocycles. The molecule has 2 rings (SSSR count). The third kappa shape index (κ3) is 2.68. The highest BCUT2D eigenvalue weighted by molar-refractivity contribution is 7.93. The number of sulfonamides is 1. The molecule has 0 amide bonds. The number of benzene rings is 1. The normalized spacial score (nSPS) is 11.2. The summed E-state index contributed by atoms with van der Waals surface area (Å²) in [6, 6.07) is 12.0. The van der Waals surface area contributed by atoms with Crippen LogP contribution in [0.25, 0.3) is 4.83 Å². The highest BCUT2D eigenvalue weighted by atomic mass is 32.2. The molecule has 1 aromatic carbocycles. The second-order valence-electron chi connectivity index (χ2n) is 4.06. The Balaban J connectivity index is 2.33. The second kappa shape index (κ2) is 4.78. The molecule has 1 heterocycles. The average molecular weight is 262 g/mol. The van der Waals surface area contributed by atoms with E-state index in [1.54, 1.807) is 49.5 Å². The zero-order valence-electron chi connectivity index (χ0n) is 10.2. The molecule has 1 aromatic heterocycles.